The van der Waals surface area contributed by atoms with Gasteiger partial charge < -0.3 is 9.47 Å². The van der Waals surface area contributed by atoms with Crippen molar-refractivity contribution in [3.8, 4) is 0 Å². The molecular formula is C13H24N4O2S. The van der Waals surface area contributed by atoms with Crippen molar-refractivity contribution in [2.45, 2.75) is 25.8 Å². The number of hydrogen-bond donors (Lipinski definition) is 1. The lowest BCUT2D eigenvalue weighted by molar-refractivity contribution is 0.131. The van der Waals surface area contributed by atoms with Gasteiger partial charge >= 0.3 is 0 Å². The molecule has 0 bridgehead atoms. The van der Waals surface area contributed by atoms with Crippen molar-refractivity contribution in [2.75, 3.05) is 32.4 Å². The highest BCUT2D eigenvalue weighted by molar-refractivity contribution is 7.88. The molecule has 1 saturated heterocycles. The second-order valence-electron chi connectivity index (χ2n) is 5.66. The van der Waals surface area contributed by atoms with Gasteiger partial charge in [0.15, 0.2) is 0 Å². The van der Waals surface area contributed by atoms with E-state index in [-0.39, 0.29) is 0 Å². The van der Waals surface area contributed by atoms with Gasteiger partial charge in [0, 0.05) is 31.5 Å². The largest absolute Gasteiger partial charge is 0.333 e. The molecule has 1 fully saturated rings. The fourth-order valence-corrected chi connectivity index (χ4v) is 3.25. The first kappa shape index (κ1) is 15.5. The van der Waals surface area contributed by atoms with Gasteiger partial charge in [0.05, 0.1) is 12.6 Å². The lowest BCUT2D eigenvalue weighted by Crippen LogP contribution is -2.41. The zero-order valence-corrected chi connectivity index (χ0v) is 13.0. The number of rotatable bonds is 6. The number of hydrogen-bond acceptors (Lipinski definition) is 4. The normalized spacial score (nSPS) is 24.9. The first-order chi connectivity index (χ1) is 9.46. The Balaban J connectivity index is 1.79. The van der Waals surface area contributed by atoms with Crippen molar-refractivity contribution >= 4 is 10.0 Å². The number of likely N-dealkylation sites (tertiary alicyclic amines) is 1. The van der Waals surface area contributed by atoms with E-state index >= 15 is 0 Å². The predicted molar refractivity (Wildman–Crippen MR) is 78.9 cm³/mol. The van der Waals surface area contributed by atoms with Gasteiger partial charge in [-0.05, 0) is 31.8 Å². The minimum absolute atomic E-state index is 0.467. The summed E-state index contributed by atoms with van der Waals surface area (Å²) in [4.78, 5) is 6.54. The fraction of sp³-hybridized carbons (Fsp3) is 0.769. The van der Waals surface area contributed by atoms with Crippen molar-refractivity contribution in [1.29, 1.82) is 0 Å². The van der Waals surface area contributed by atoms with Crippen LogP contribution < -0.4 is 4.72 Å². The molecule has 0 amide bonds. The van der Waals surface area contributed by atoms with Gasteiger partial charge in [0.25, 0.3) is 0 Å². The van der Waals surface area contributed by atoms with E-state index in [0.717, 1.165) is 26.1 Å². The van der Waals surface area contributed by atoms with Crippen LogP contribution in [-0.4, -0.2) is 55.3 Å². The summed E-state index contributed by atoms with van der Waals surface area (Å²) in [6.45, 7) is 5.83. The van der Waals surface area contributed by atoms with Crippen LogP contribution in [0.1, 0.15) is 25.8 Å². The summed E-state index contributed by atoms with van der Waals surface area (Å²) in [7, 11) is -3.06. The number of imidazole rings is 1. The van der Waals surface area contributed by atoms with Crippen LogP contribution in [0.5, 0.6) is 0 Å². The summed E-state index contributed by atoms with van der Waals surface area (Å²) < 4.78 is 26.7. The highest BCUT2D eigenvalue weighted by Gasteiger charge is 2.26. The molecule has 2 rings (SSSR count). The maximum Gasteiger partial charge on any atom is 0.208 e. The van der Waals surface area contributed by atoms with Crippen LogP contribution in [0.15, 0.2) is 18.7 Å². The molecule has 0 aliphatic carbocycles. The quantitative estimate of drug-likeness (QED) is 0.786. The highest BCUT2D eigenvalue weighted by atomic mass is 32.2. The van der Waals surface area contributed by atoms with Crippen molar-refractivity contribution in [3.63, 3.8) is 0 Å². The molecular weight excluding hydrogens is 276 g/mol. The Morgan fingerprint density at radius 1 is 1.45 bits per heavy atom. The molecule has 1 aromatic rings. The van der Waals surface area contributed by atoms with E-state index in [2.05, 4.69) is 26.1 Å². The molecule has 1 aromatic heterocycles. The molecule has 1 aliphatic rings. The molecule has 114 valence electrons. The second kappa shape index (κ2) is 6.69. The molecule has 1 N–H and O–H groups in total. The van der Waals surface area contributed by atoms with Gasteiger partial charge in [0.2, 0.25) is 10.0 Å². The van der Waals surface area contributed by atoms with Crippen LogP contribution in [0.4, 0.5) is 0 Å². The van der Waals surface area contributed by atoms with Crippen LogP contribution in [0.2, 0.25) is 0 Å². The maximum atomic E-state index is 11.0. The Hall–Kier alpha value is -0.920. The molecule has 0 spiro atoms. The summed E-state index contributed by atoms with van der Waals surface area (Å²) in [6, 6.07) is 0.467. The second-order valence-corrected chi connectivity index (χ2v) is 7.50. The van der Waals surface area contributed by atoms with Gasteiger partial charge in [-0.1, -0.05) is 6.92 Å². The van der Waals surface area contributed by atoms with E-state index in [0.29, 0.717) is 18.5 Å². The smallest absolute Gasteiger partial charge is 0.208 e. The van der Waals surface area contributed by atoms with Crippen molar-refractivity contribution < 1.29 is 8.42 Å². The topological polar surface area (TPSA) is 67.2 Å². The summed E-state index contributed by atoms with van der Waals surface area (Å²) in [5.41, 5.74) is 0. The average Bonchev–Trinajstić information content (AvgIpc) is 2.89. The zero-order valence-electron chi connectivity index (χ0n) is 12.2. The van der Waals surface area contributed by atoms with Crippen LogP contribution >= 0.6 is 0 Å². The Labute approximate surface area is 121 Å². The van der Waals surface area contributed by atoms with Gasteiger partial charge in [-0.2, -0.15) is 0 Å². The van der Waals surface area contributed by atoms with Crippen LogP contribution in [-0.2, 0) is 10.0 Å². The third-order valence-electron chi connectivity index (χ3n) is 3.93. The molecule has 2 heterocycles. The maximum absolute atomic E-state index is 11.0. The predicted octanol–water partition coefficient (Wildman–Crippen LogP) is 0.705. The number of aromatic nitrogens is 2. The number of nitrogens with zero attached hydrogens (tertiary/aromatic N) is 3. The van der Waals surface area contributed by atoms with Gasteiger partial charge in [-0.3, -0.25) is 0 Å². The van der Waals surface area contributed by atoms with E-state index in [4.69, 9.17) is 0 Å². The third kappa shape index (κ3) is 4.57. The monoisotopic (exact) mass is 300 g/mol. The minimum atomic E-state index is -3.06. The Bertz CT molecular complexity index is 500. The lowest BCUT2D eigenvalue weighted by Gasteiger charge is -2.37. The van der Waals surface area contributed by atoms with Crippen molar-refractivity contribution in [2.24, 2.45) is 5.92 Å². The number of piperidine rings is 1. The van der Waals surface area contributed by atoms with Crippen LogP contribution in [0.3, 0.4) is 0 Å². The Kier molecular flexibility index (Phi) is 5.17. The fourth-order valence-electron chi connectivity index (χ4n) is 2.73. The summed E-state index contributed by atoms with van der Waals surface area (Å²) in [5.74, 6) is 0.648. The van der Waals surface area contributed by atoms with Crippen LogP contribution in [0.25, 0.3) is 0 Å². The standard InChI is InChI=1S/C13H24N4O2S/c1-12-4-8-16(7-3-5-15-20(2,18)19)10-13(12)17-9-6-14-11-17/h6,9,11-13,15H,3-5,7-8,10H2,1-2H3. The van der Waals surface area contributed by atoms with E-state index in [1.54, 1.807) is 0 Å². The van der Waals surface area contributed by atoms with Gasteiger partial charge in [0.1, 0.15) is 0 Å². The van der Waals surface area contributed by atoms with E-state index < -0.39 is 10.0 Å². The molecule has 1 aliphatic heterocycles. The Morgan fingerprint density at radius 2 is 2.25 bits per heavy atom. The molecule has 2 atom stereocenters. The average molecular weight is 300 g/mol. The van der Waals surface area contributed by atoms with Gasteiger partial charge in [-0.15, -0.1) is 0 Å². The first-order valence-electron chi connectivity index (χ1n) is 7.10. The molecule has 0 radical (unpaired) electrons. The summed E-state index contributed by atoms with van der Waals surface area (Å²) in [5, 5.41) is 0. The van der Waals surface area contributed by atoms with E-state index in [1.165, 1.54) is 12.7 Å². The molecule has 0 aromatic carbocycles. The lowest BCUT2D eigenvalue weighted by atomic mass is 9.93. The molecule has 7 heteroatoms. The highest BCUT2D eigenvalue weighted by Crippen LogP contribution is 2.27. The molecule has 2 unspecified atom stereocenters. The van der Waals surface area contributed by atoms with Gasteiger partial charge in [-0.25, -0.2) is 18.1 Å². The third-order valence-corrected chi connectivity index (χ3v) is 4.65. The molecule has 0 saturated carbocycles. The van der Waals surface area contributed by atoms with Crippen LogP contribution in [0, 0.1) is 5.92 Å². The van der Waals surface area contributed by atoms with Crippen molar-refractivity contribution in [3.05, 3.63) is 18.7 Å². The molecule has 20 heavy (non-hydrogen) atoms. The Morgan fingerprint density at radius 3 is 2.90 bits per heavy atom. The van der Waals surface area contributed by atoms with Crippen molar-refractivity contribution in [1.82, 2.24) is 19.2 Å². The number of sulfonamides is 1. The summed E-state index contributed by atoms with van der Waals surface area (Å²) >= 11 is 0. The zero-order chi connectivity index (χ0) is 14.6. The van der Waals surface area contributed by atoms with E-state index in [9.17, 15) is 8.42 Å². The first-order valence-corrected chi connectivity index (χ1v) is 8.99. The van der Waals surface area contributed by atoms with E-state index in [1.807, 2.05) is 18.7 Å². The molecule has 6 nitrogen and oxygen atoms in total. The minimum Gasteiger partial charge on any atom is -0.333 e. The number of nitrogens with one attached hydrogen (secondary N) is 1. The summed E-state index contributed by atoms with van der Waals surface area (Å²) in [6.07, 6.45) is 8.94. The SMILES string of the molecule is CC1CCN(CCCNS(C)(=O)=O)CC1n1ccnc1.